The number of aliphatic hydroxyl groups is 1. The lowest BCUT2D eigenvalue weighted by atomic mass is 9.96. The van der Waals surface area contributed by atoms with Crippen molar-refractivity contribution in [2.75, 3.05) is 6.61 Å². The summed E-state index contributed by atoms with van der Waals surface area (Å²) in [6, 6.07) is 13.1. The van der Waals surface area contributed by atoms with Crippen LogP contribution in [0, 0.1) is 0 Å². The summed E-state index contributed by atoms with van der Waals surface area (Å²) in [5.41, 5.74) is 0.883. The highest BCUT2D eigenvalue weighted by Crippen LogP contribution is 2.18. The third-order valence-electron chi connectivity index (χ3n) is 5.46. The molecule has 1 aliphatic rings. The maximum atomic E-state index is 12.5. The minimum Gasteiger partial charge on any atom is -0.394 e. The maximum absolute atomic E-state index is 12.5. The van der Waals surface area contributed by atoms with Gasteiger partial charge in [-0.2, -0.15) is 0 Å². The lowest BCUT2D eigenvalue weighted by Crippen LogP contribution is -2.51. The van der Waals surface area contributed by atoms with Gasteiger partial charge in [0.15, 0.2) is 0 Å². The Balaban J connectivity index is 1.54. The Morgan fingerprint density at radius 3 is 2.36 bits per heavy atom. The van der Waals surface area contributed by atoms with Gasteiger partial charge in [-0.1, -0.05) is 74.6 Å². The molecule has 2 aromatic rings. The molecule has 0 bridgehead atoms. The average Bonchev–Trinajstić information content (AvgIpc) is 2.68. The van der Waals surface area contributed by atoms with E-state index in [4.69, 9.17) is 0 Å². The molecule has 0 saturated heterocycles. The Morgan fingerprint density at radius 1 is 0.964 bits per heavy atom. The molecule has 1 atom stereocenters. The number of hydrogen-bond donors (Lipinski definition) is 3. The molecule has 2 amide bonds. The molecule has 0 heterocycles. The molecular formula is C23H30N2O3. The quantitative estimate of drug-likeness (QED) is 0.718. The fourth-order valence-electron chi connectivity index (χ4n) is 3.88. The number of nitrogens with one attached hydrogen (secondary N) is 2. The van der Waals surface area contributed by atoms with E-state index >= 15 is 0 Å². The Morgan fingerprint density at radius 2 is 1.64 bits per heavy atom. The van der Waals surface area contributed by atoms with Gasteiger partial charge in [-0.05, 0) is 29.2 Å². The summed E-state index contributed by atoms with van der Waals surface area (Å²) in [4.78, 5) is 24.9. The summed E-state index contributed by atoms with van der Waals surface area (Å²) < 4.78 is 0. The van der Waals surface area contributed by atoms with E-state index in [-0.39, 0.29) is 24.3 Å². The van der Waals surface area contributed by atoms with Crippen LogP contribution in [0.1, 0.15) is 50.5 Å². The molecule has 1 aliphatic carbocycles. The van der Waals surface area contributed by atoms with E-state index in [1.807, 2.05) is 42.5 Å². The zero-order valence-corrected chi connectivity index (χ0v) is 16.3. The first-order chi connectivity index (χ1) is 13.7. The molecule has 5 heteroatoms. The Labute approximate surface area is 166 Å². The summed E-state index contributed by atoms with van der Waals surface area (Å²) in [7, 11) is 0. The summed E-state index contributed by atoms with van der Waals surface area (Å²) in [5.74, 6) is -0.554. The summed E-state index contributed by atoms with van der Waals surface area (Å²) in [5, 5.41) is 17.5. The highest BCUT2D eigenvalue weighted by atomic mass is 16.3. The van der Waals surface area contributed by atoms with Crippen molar-refractivity contribution in [3.63, 3.8) is 0 Å². The lowest BCUT2D eigenvalue weighted by molar-refractivity contribution is -0.130. The van der Waals surface area contributed by atoms with Gasteiger partial charge in [0.05, 0.1) is 13.0 Å². The molecule has 3 rings (SSSR count). The van der Waals surface area contributed by atoms with Crippen molar-refractivity contribution in [2.45, 2.75) is 63.5 Å². The first-order valence-corrected chi connectivity index (χ1v) is 10.3. The van der Waals surface area contributed by atoms with Gasteiger partial charge in [0.25, 0.3) is 0 Å². The van der Waals surface area contributed by atoms with Gasteiger partial charge >= 0.3 is 0 Å². The van der Waals surface area contributed by atoms with E-state index < -0.39 is 12.6 Å². The normalized spacial score (nSPS) is 16.8. The van der Waals surface area contributed by atoms with Crippen molar-refractivity contribution in [1.82, 2.24) is 10.6 Å². The summed E-state index contributed by atoms with van der Waals surface area (Å²) in [6.07, 6.45) is 8.02. The molecule has 1 saturated carbocycles. The van der Waals surface area contributed by atoms with Gasteiger partial charge in [0.2, 0.25) is 11.8 Å². The molecule has 5 nitrogen and oxygen atoms in total. The topological polar surface area (TPSA) is 78.4 Å². The number of benzene rings is 2. The fraction of sp³-hybridized carbons (Fsp3) is 0.478. The van der Waals surface area contributed by atoms with Crippen LogP contribution in [0.4, 0.5) is 0 Å². The van der Waals surface area contributed by atoms with Gasteiger partial charge in [-0.25, -0.2) is 0 Å². The van der Waals surface area contributed by atoms with E-state index in [1.165, 1.54) is 19.3 Å². The van der Waals surface area contributed by atoms with Crippen LogP contribution in [0.15, 0.2) is 42.5 Å². The van der Waals surface area contributed by atoms with E-state index in [1.54, 1.807) is 0 Å². The highest BCUT2D eigenvalue weighted by Gasteiger charge is 2.23. The monoisotopic (exact) mass is 382 g/mol. The van der Waals surface area contributed by atoms with Gasteiger partial charge < -0.3 is 15.7 Å². The highest BCUT2D eigenvalue weighted by molar-refractivity contribution is 5.89. The summed E-state index contributed by atoms with van der Waals surface area (Å²) in [6.45, 7) is -0.401. The number of carbonyl (C=O) groups excluding carboxylic acids is 2. The van der Waals surface area contributed by atoms with Crippen molar-refractivity contribution < 1.29 is 14.7 Å². The summed E-state index contributed by atoms with van der Waals surface area (Å²) >= 11 is 0. The van der Waals surface area contributed by atoms with Gasteiger partial charge in [0, 0.05) is 6.04 Å². The average molecular weight is 383 g/mol. The van der Waals surface area contributed by atoms with E-state index in [2.05, 4.69) is 10.6 Å². The van der Waals surface area contributed by atoms with Crippen LogP contribution < -0.4 is 10.6 Å². The molecule has 150 valence electrons. The predicted molar refractivity (Wildman–Crippen MR) is 111 cm³/mol. The van der Waals surface area contributed by atoms with E-state index in [0.717, 1.165) is 42.0 Å². The number of carbonyl (C=O) groups is 2. The van der Waals surface area contributed by atoms with Crippen LogP contribution in [0.2, 0.25) is 0 Å². The van der Waals surface area contributed by atoms with Gasteiger partial charge in [-0.3, -0.25) is 9.59 Å². The Kier molecular flexibility index (Phi) is 7.43. The molecule has 1 fully saturated rings. The lowest BCUT2D eigenvalue weighted by Gasteiger charge is -2.24. The van der Waals surface area contributed by atoms with Crippen molar-refractivity contribution in [2.24, 2.45) is 0 Å². The second kappa shape index (κ2) is 10.2. The minimum absolute atomic E-state index is 0.138. The standard InChI is InChI=1S/C23H30N2O3/c26-16-21(23(28)24-20-10-4-2-1-3-5-11-20)25-22(27)15-17-12-13-18-8-6-7-9-19(18)14-17/h6-9,12-14,20-21,26H,1-5,10-11,15-16H2,(H,24,28)(H,25,27)/t21-/m0/s1. The molecular weight excluding hydrogens is 352 g/mol. The van der Waals surface area contributed by atoms with Crippen LogP contribution in [0.25, 0.3) is 10.8 Å². The van der Waals surface area contributed by atoms with E-state index in [0.29, 0.717) is 0 Å². The smallest absolute Gasteiger partial charge is 0.245 e. The van der Waals surface area contributed by atoms with Crippen molar-refractivity contribution in [3.05, 3.63) is 48.0 Å². The first kappa shape index (κ1) is 20.3. The van der Waals surface area contributed by atoms with Crippen molar-refractivity contribution >= 4 is 22.6 Å². The largest absolute Gasteiger partial charge is 0.394 e. The number of fused-ring (bicyclic) bond motifs is 1. The van der Waals surface area contributed by atoms with Crippen LogP contribution in [-0.4, -0.2) is 35.6 Å². The Hall–Kier alpha value is -2.40. The molecule has 0 unspecified atom stereocenters. The molecule has 0 aromatic heterocycles. The third-order valence-corrected chi connectivity index (χ3v) is 5.46. The molecule has 2 aromatic carbocycles. The molecule has 0 spiro atoms. The van der Waals surface area contributed by atoms with Gasteiger partial charge in [0.1, 0.15) is 6.04 Å². The maximum Gasteiger partial charge on any atom is 0.245 e. The van der Waals surface area contributed by atoms with Crippen molar-refractivity contribution in [3.8, 4) is 0 Å². The van der Waals surface area contributed by atoms with Crippen LogP contribution in [-0.2, 0) is 16.0 Å². The minimum atomic E-state index is -0.904. The van der Waals surface area contributed by atoms with Crippen LogP contribution in [0.5, 0.6) is 0 Å². The first-order valence-electron chi connectivity index (χ1n) is 10.3. The zero-order valence-electron chi connectivity index (χ0n) is 16.3. The van der Waals surface area contributed by atoms with Gasteiger partial charge in [-0.15, -0.1) is 0 Å². The number of rotatable bonds is 6. The second-order valence-corrected chi connectivity index (χ2v) is 7.71. The zero-order chi connectivity index (χ0) is 19.8. The molecule has 28 heavy (non-hydrogen) atoms. The third kappa shape index (κ3) is 5.80. The van der Waals surface area contributed by atoms with Crippen LogP contribution >= 0.6 is 0 Å². The number of amides is 2. The molecule has 0 aliphatic heterocycles. The second-order valence-electron chi connectivity index (χ2n) is 7.71. The predicted octanol–water partition coefficient (Wildman–Crippen LogP) is 3.09. The molecule has 0 radical (unpaired) electrons. The fourth-order valence-corrected chi connectivity index (χ4v) is 3.88. The SMILES string of the molecule is O=C(Cc1ccc2ccccc2c1)N[C@@H](CO)C(=O)NC1CCCCCCC1. The van der Waals surface area contributed by atoms with Crippen LogP contribution in [0.3, 0.4) is 0 Å². The van der Waals surface area contributed by atoms with Crippen molar-refractivity contribution in [1.29, 1.82) is 0 Å². The number of hydrogen-bond acceptors (Lipinski definition) is 3. The number of aliphatic hydroxyl groups excluding tert-OH is 1. The van der Waals surface area contributed by atoms with E-state index in [9.17, 15) is 14.7 Å². The molecule has 3 N–H and O–H groups in total. The Bertz CT molecular complexity index is 797.